The summed E-state index contributed by atoms with van der Waals surface area (Å²) >= 11 is 0. The van der Waals surface area contributed by atoms with Gasteiger partial charge in [0.25, 0.3) is 0 Å². The second kappa shape index (κ2) is 7.41. The van der Waals surface area contributed by atoms with Gasteiger partial charge in [0.15, 0.2) is 16.6 Å². The number of aldehydes is 1. The summed E-state index contributed by atoms with van der Waals surface area (Å²) in [6.45, 7) is 24.7. The minimum absolute atomic E-state index is 0.00427. The molecule has 2 unspecified atom stereocenters. The summed E-state index contributed by atoms with van der Waals surface area (Å²) in [6.07, 6.45) is 2.68. The molecule has 2 atom stereocenters. The van der Waals surface area contributed by atoms with Crippen LogP contribution in [-0.4, -0.2) is 35.1 Å². The zero-order chi connectivity index (χ0) is 19.8. The Hall–Kier alpha value is -0.236. The van der Waals surface area contributed by atoms with E-state index in [0.717, 1.165) is 30.3 Å². The summed E-state index contributed by atoms with van der Waals surface area (Å²) in [6, 6.07) is 0. The van der Waals surface area contributed by atoms with Crippen LogP contribution in [0.15, 0.2) is 11.1 Å². The minimum Gasteiger partial charge on any atom is -0.413 e. The van der Waals surface area contributed by atoms with Crippen molar-refractivity contribution in [1.82, 2.24) is 0 Å². The molecule has 146 valence electrons. The second-order valence-corrected chi connectivity index (χ2v) is 20.1. The molecule has 0 N–H and O–H groups in total. The van der Waals surface area contributed by atoms with E-state index in [-0.39, 0.29) is 22.3 Å². The average Bonchev–Trinajstić information content (AvgIpc) is 2.38. The number of carbonyl (C=O) groups excluding carboxylic acids is 1. The molecule has 25 heavy (non-hydrogen) atoms. The molecule has 1 rings (SSSR count). The molecular weight excluding hydrogens is 344 g/mol. The first kappa shape index (κ1) is 22.8. The Morgan fingerprint density at radius 3 is 1.76 bits per heavy atom. The molecule has 0 aromatic rings. The molecule has 0 spiro atoms. The second-order valence-electron chi connectivity index (χ2n) is 10.6. The molecule has 0 heterocycles. The Labute approximate surface area is 157 Å². The van der Waals surface area contributed by atoms with Gasteiger partial charge in [0.1, 0.15) is 6.29 Å². The smallest absolute Gasteiger partial charge is 0.192 e. The van der Waals surface area contributed by atoms with Crippen LogP contribution in [0.3, 0.4) is 0 Å². The summed E-state index contributed by atoms with van der Waals surface area (Å²) in [5, 5.41) is 0.322. The van der Waals surface area contributed by atoms with Gasteiger partial charge < -0.3 is 8.85 Å². The molecule has 0 bridgehead atoms. The van der Waals surface area contributed by atoms with Crippen molar-refractivity contribution >= 4 is 22.9 Å². The fourth-order valence-corrected chi connectivity index (χ4v) is 5.31. The van der Waals surface area contributed by atoms with Crippen LogP contribution < -0.4 is 0 Å². The van der Waals surface area contributed by atoms with Crippen molar-refractivity contribution in [2.75, 3.05) is 0 Å². The number of carbonyl (C=O) groups is 1. The Morgan fingerprint density at radius 2 is 1.36 bits per heavy atom. The van der Waals surface area contributed by atoms with E-state index >= 15 is 0 Å². The third-order valence-electron chi connectivity index (χ3n) is 6.57. The molecular formula is C20H40O3Si2. The molecule has 5 heteroatoms. The number of hydrogen-bond donors (Lipinski definition) is 0. The molecule has 1 aliphatic rings. The van der Waals surface area contributed by atoms with Gasteiger partial charge in [0.2, 0.25) is 0 Å². The molecule has 0 radical (unpaired) electrons. The maximum absolute atomic E-state index is 11.6. The number of rotatable bonds is 5. The van der Waals surface area contributed by atoms with Gasteiger partial charge in [-0.15, -0.1) is 0 Å². The van der Waals surface area contributed by atoms with Crippen molar-refractivity contribution in [3.63, 3.8) is 0 Å². The molecule has 1 aliphatic carbocycles. The molecule has 0 aliphatic heterocycles. The Bertz CT molecular complexity index is 522. The maximum atomic E-state index is 11.6. The largest absolute Gasteiger partial charge is 0.413 e. The Morgan fingerprint density at radius 1 is 0.920 bits per heavy atom. The quantitative estimate of drug-likeness (QED) is 0.426. The molecule has 0 saturated heterocycles. The lowest BCUT2D eigenvalue weighted by atomic mass is 9.89. The van der Waals surface area contributed by atoms with E-state index in [9.17, 15) is 4.79 Å². The fourth-order valence-electron chi connectivity index (χ4n) is 2.61. The SMILES string of the molecule is CC1=C(C=O)CC(O[Si](C)(C)C(C)(C)C)CC1O[Si](C)(C)C(C)(C)C. The van der Waals surface area contributed by atoms with Crippen LogP contribution in [0.1, 0.15) is 61.3 Å². The third kappa shape index (κ3) is 5.37. The highest BCUT2D eigenvalue weighted by molar-refractivity contribution is 6.74. The first-order valence-electron chi connectivity index (χ1n) is 9.52. The van der Waals surface area contributed by atoms with Gasteiger partial charge in [0, 0.05) is 12.8 Å². The summed E-state index contributed by atoms with van der Waals surface area (Å²) in [5.74, 6) is 0. The van der Waals surface area contributed by atoms with Gasteiger partial charge >= 0.3 is 0 Å². The molecule has 0 amide bonds. The maximum Gasteiger partial charge on any atom is 0.192 e. The van der Waals surface area contributed by atoms with Crippen molar-refractivity contribution in [1.29, 1.82) is 0 Å². The third-order valence-corrected chi connectivity index (χ3v) is 15.6. The highest BCUT2D eigenvalue weighted by Crippen LogP contribution is 2.42. The van der Waals surface area contributed by atoms with Crippen LogP contribution in [0.5, 0.6) is 0 Å². The van der Waals surface area contributed by atoms with Crippen LogP contribution in [0.4, 0.5) is 0 Å². The van der Waals surface area contributed by atoms with E-state index in [1.54, 1.807) is 0 Å². The predicted octanol–water partition coefficient (Wildman–Crippen LogP) is 6.08. The van der Waals surface area contributed by atoms with Gasteiger partial charge in [-0.05, 0) is 54.3 Å². The average molecular weight is 385 g/mol. The van der Waals surface area contributed by atoms with Crippen molar-refractivity contribution in [2.24, 2.45) is 0 Å². The normalized spacial score (nSPS) is 23.8. The van der Waals surface area contributed by atoms with Gasteiger partial charge in [-0.3, -0.25) is 4.79 Å². The van der Waals surface area contributed by atoms with Gasteiger partial charge in [0.05, 0.1) is 12.2 Å². The van der Waals surface area contributed by atoms with Gasteiger partial charge in [-0.1, -0.05) is 41.5 Å². The Kier molecular flexibility index (Phi) is 6.76. The number of hydrogen-bond acceptors (Lipinski definition) is 3. The van der Waals surface area contributed by atoms with Crippen LogP contribution in [-0.2, 0) is 13.6 Å². The topological polar surface area (TPSA) is 35.5 Å². The summed E-state index contributed by atoms with van der Waals surface area (Å²) < 4.78 is 13.3. The van der Waals surface area contributed by atoms with Crippen LogP contribution in [0.25, 0.3) is 0 Å². The van der Waals surface area contributed by atoms with E-state index in [1.165, 1.54) is 0 Å². The van der Waals surface area contributed by atoms with Crippen LogP contribution in [0.2, 0.25) is 36.3 Å². The zero-order valence-electron chi connectivity index (χ0n) is 18.4. The summed E-state index contributed by atoms with van der Waals surface area (Å²) in [7, 11) is -3.76. The van der Waals surface area contributed by atoms with Crippen LogP contribution in [0, 0.1) is 0 Å². The standard InChI is InChI=1S/C20H40O3Si2/c1-15-16(14-21)12-17(22-24(8,9)19(2,3)4)13-18(15)23-25(10,11)20(5,6)7/h14,17-18H,12-13H2,1-11H3. The lowest BCUT2D eigenvalue weighted by molar-refractivity contribution is -0.105. The molecule has 0 fully saturated rings. The minimum atomic E-state index is -1.90. The molecule has 0 saturated carbocycles. The molecule has 3 nitrogen and oxygen atoms in total. The zero-order valence-corrected chi connectivity index (χ0v) is 20.4. The lowest BCUT2D eigenvalue weighted by Crippen LogP contribution is -2.49. The van der Waals surface area contributed by atoms with Crippen molar-refractivity contribution in [3.8, 4) is 0 Å². The van der Waals surface area contributed by atoms with Crippen LogP contribution >= 0.6 is 0 Å². The summed E-state index contributed by atoms with van der Waals surface area (Å²) in [4.78, 5) is 11.6. The van der Waals surface area contributed by atoms with Crippen molar-refractivity contribution in [3.05, 3.63) is 11.1 Å². The van der Waals surface area contributed by atoms with E-state index in [1.807, 2.05) is 0 Å². The Balaban J connectivity index is 3.06. The first-order valence-corrected chi connectivity index (χ1v) is 15.3. The predicted molar refractivity (Wildman–Crippen MR) is 112 cm³/mol. The van der Waals surface area contributed by atoms with Crippen molar-refractivity contribution < 1.29 is 13.6 Å². The van der Waals surface area contributed by atoms with Crippen molar-refractivity contribution in [2.45, 2.75) is 110 Å². The van der Waals surface area contributed by atoms with Gasteiger partial charge in [-0.25, -0.2) is 0 Å². The monoisotopic (exact) mass is 384 g/mol. The highest BCUT2D eigenvalue weighted by Gasteiger charge is 2.44. The van der Waals surface area contributed by atoms with E-state index in [0.29, 0.717) is 0 Å². The highest BCUT2D eigenvalue weighted by atomic mass is 28.4. The van der Waals surface area contributed by atoms with Gasteiger partial charge in [-0.2, -0.15) is 0 Å². The fraction of sp³-hybridized carbons (Fsp3) is 0.850. The first-order chi connectivity index (χ1) is 11.0. The summed E-state index contributed by atoms with van der Waals surface area (Å²) in [5.41, 5.74) is 1.98. The van der Waals surface area contributed by atoms with E-state index < -0.39 is 16.6 Å². The van der Waals surface area contributed by atoms with E-state index in [4.69, 9.17) is 8.85 Å². The van der Waals surface area contributed by atoms with E-state index in [2.05, 4.69) is 74.7 Å². The molecule has 0 aromatic carbocycles. The lowest BCUT2D eigenvalue weighted by Gasteiger charge is -2.44. The molecule has 0 aromatic heterocycles.